The summed E-state index contributed by atoms with van der Waals surface area (Å²) >= 11 is 0. The summed E-state index contributed by atoms with van der Waals surface area (Å²) in [6.45, 7) is 2.05. The van der Waals surface area contributed by atoms with Crippen molar-refractivity contribution in [3.63, 3.8) is 0 Å². The van der Waals surface area contributed by atoms with Gasteiger partial charge >= 0.3 is 0 Å². The molecule has 0 bridgehead atoms. The molecule has 0 unspecified atom stereocenters. The SMILES string of the molecule is Cc1ccc(Nc2ncncn2)cc1. The topological polar surface area (TPSA) is 50.7 Å². The smallest absolute Gasteiger partial charge is 0.230 e. The molecule has 0 fully saturated rings. The number of nitrogens with zero attached hydrogens (tertiary/aromatic N) is 3. The van der Waals surface area contributed by atoms with E-state index in [4.69, 9.17) is 0 Å². The number of rotatable bonds is 2. The van der Waals surface area contributed by atoms with Crippen LogP contribution in [0, 0.1) is 6.92 Å². The first-order chi connectivity index (χ1) is 6.84. The summed E-state index contributed by atoms with van der Waals surface area (Å²) in [6.07, 6.45) is 2.92. The Morgan fingerprint density at radius 3 is 2.29 bits per heavy atom. The molecule has 0 aliphatic carbocycles. The molecule has 0 radical (unpaired) electrons. The van der Waals surface area contributed by atoms with E-state index in [1.165, 1.54) is 18.2 Å². The van der Waals surface area contributed by atoms with Crippen LogP contribution in [0.2, 0.25) is 0 Å². The Balaban J connectivity index is 2.16. The number of hydrogen-bond acceptors (Lipinski definition) is 4. The maximum absolute atomic E-state index is 3.96. The average molecular weight is 186 g/mol. The molecule has 70 valence electrons. The Morgan fingerprint density at radius 1 is 1.00 bits per heavy atom. The van der Waals surface area contributed by atoms with E-state index in [0.29, 0.717) is 5.95 Å². The maximum atomic E-state index is 3.96. The molecule has 2 rings (SSSR count). The third kappa shape index (κ3) is 2.04. The van der Waals surface area contributed by atoms with Crippen LogP contribution in [0.5, 0.6) is 0 Å². The molecule has 2 aromatic rings. The summed E-state index contributed by atoms with van der Waals surface area (Å²) in [7, 11) is 0. The highest BCUT2D eigenvalue weighted by atomic mass is 15.1. The van der Waals surface area contributed by atoms with Gasteiger partial charge in [0, 0.05) is 5.69 Å². The molecule has 0 saturated carbocycles. The van der Waals surface area contributed by atoms with Crippen molar-refractivity contribution >= 4 is 11.6 Å². The Kier molecular flexibility index (Phi) is 2.36. The lowest BCUT2D eigenvalue weighted by atomic mass is 10.2. The molecule has 4 heteroatoms. The van der Waals surface area contributed by atoms with Crippen molar-refractivity contribution in [3.8, 4) is 0 Å². The predicted octanol–water partition coefficient (Wildman–Crippen LogP) is 1.92. The minimum atomic E-state index is 0.559. The van der Waals surface area contributed by atoms with E-state index in [-0.39, 0.29) is 0 Å². The molecule has 0 aliphatic heterocycles. The van der Waals surface area contributed by atoms with Crippen molar-refractivity contribution in [2.24, 2.45) is 0 Å². The van der Waals surface area contributed by atoms with Crippen molar-refractivity contribution in [3.05, 3.63) is 42.5 Å². The van der Waals surface area contributed by atoms with Gasteiger partial charge in [-0.15, -0.1) is 0 Å². The van der Waals surface area contributed by atoms with Gasteiger partial charge in [0.1, 0.15) is 12.7 Å². The Labute approximate surface area is 82.1 Å². The van der Waals surface area contributed by atoms with Crippen LogP contribution < -0.4 is 5.32 Å². The third-order valence-electron chi connectivity index (χ3n) is 1.80. The second-order valence-electron chi connectivity index (χ2n) is 2.95. The summed E-state index contributed by atoms with van der Waals surface area (Å²) in [4.78, 5) is 11.7. The van der Waals surface area contributed by atoms with Gasteiger partial charge in [-0.1, -0.05) is 17.7 Å². The molecule has 1 aromatic carbocycles. The van der Waals surface area contributed by atoms with Crippen LogP contribution >= 0.6 is 0 Å². The fourth-order valence-corrected chi connectivity index (χ4v) is 1.07. The minimum Gasteiger partial charge on any atom is -0.324 e. The zero-order valence-electron chi connectivity index (χ0n) is 7.81. The monoisotopic (exact) mass is 186 g/mol. The summed E-state index contributed by atoms with van der Waals surface area (Å²) in [5.74, 6) is 0.559. The summed E-state index contributed by atoms with van der Waals surface area (Å²) in [5.41, 5.74) is 2.20. The molecule has 0 amide bonds. The van der Waals surface area contributed by atoms with Crippen molar-refractivity contribution < 1.29 is 0 Å². The zero-order valence-corrected chi connectivity index (χ0v) is 7.81. The number of aryl methyl sites for hydroxylation is 1. The number of anilines is 2. The first-order valence-electron chi connectivity index (χ1n) is 4.30. The molecule has 0 atom stereocenters. The molecule has 1 aromatic heterocycles. The predicted molar refractivity (Wildman–Crippen MR) is 54.3 cm³/mol. The molecule has 1 heterocycles. The van der Waals surface area contributed by atoms with Gasteiger partial charge in [-0.05, 0) is 19.1 Å². The summed E-state index contributed by atoms with van der Waals surface area (Å²) in [5, 5.41) is 3.07. The van der Waals surface area contributed by atoms with E-state index >= 15 is 0 Å². The van der Waals surface area contributed by atoms with Gasteiger partial charge < -0.3 is 5.32 Å². The molecule has 1 N–H and O–H groups in total. The van der Waals surface area contributed by atoms with E-state index < -0.39 is 0 Å². The van der Waals surface area contributed by atoms with Gasteiger partial charge in [0.2, 0.25) is 5.95 Å². The minimum absolute atomic E-state index is 0.559. The van der Waals surface area contributed by atoms with E-state index in [1.807, 2.05) is 31.2 Å². The summed E-state index contributed by atoms with van der Waals surface area (Å²) < 4.78 is 0. The average Bonchev–Trinajstić information content (AvgIpc) is 2.23. The van der Waals surface area contributed by atoms with Crippen LogP contribution in [0.15, 0.2) is 36.9 Å². The van der Waals surface area contributed by atoms with Gasteiger partial charge in [0.25, 0.3) is 0 Å². The molecule has 0 saturated heterocycles. The van der Waals surface area contributed by atoms with Crippen LogP contribution in [-0.2, 0) is 0 Å². The summed E-state index contributed by atoms with van der Waals surface area (Å²) in [6, 6.07) is 8.03. The van der Waals surface area contributed by atoms with Gasteiger partial charge in [-0.2, -0.15) is 0 Å². The fourth-order valence-electron chi connectivity index (χ4n) is 1.07. The highest BCUT2D eigenvalue weighted by molar-refractivity contribution is 5.52. The van der Waals surface area contributed by atoms with Crippen molar-refractivity contribution in [1.29, 1.82) is 0 Å². The lowest BCUT2D eigenvalue weighted by Crippen LogP contribution is -1.96. The normalized spacial score (nSPS) is 9.79. The van der Waals surface area contributed by atoms with Gasteiger partial charge in [0.05, 0.1) is 0 Å². The number of hydrogen-bond donors (Lipinski definition) is 1. The Hall–Kier alpha value is -1.97. The quantitative estimate of drug-likeness (QED) is 0.778. The van der Waals surface area contributed by atoms with Crippen LogP contribution in [-0.4, -0.2) is 15.0 Å². The third-order valence-corrected chi connectivity index (χ3v) is 1.80. The molecular weight excluding hydrogens is 176 g/mol. The van der Waals surface area contributed by atoms with Crippen LogP contribution in [0.3, 0.4) is 0 Å². The molecule has 4 nitrogen and oxygen atoms in total. The van der Waals surface area contributed by atoms with Crippen LogP contribution in [0.4, 0.5) is 11.6 Å². The highest BCUT2D eigenvalue weighted by Crippen LogP contribution is 2.12. The van der Waals surface area contributed by atoms with Crippen molar-refractivity contribution in [2.75, 3.05) is 5.32 Å². The lowest BCUT2D eigenvalue weighted by molar-refractivity contribution is 1.05. The maximum Gasteiger partial charge on any atom is 0.230 e. The highest BCUT2D eigenvalue weighted by Gasteiger charge is 1.94. The van der Waals surface area contributed by atoms with E-state index in [9.17, 15) is 0 Å². The fraction of sp³-hybridized carbons (Fsp3) is 0.100. The standard InChI is InChI=1S/C10H10N4/c1-8-2-4-9(5-3-8)14-10-12-6-11-7-13-10/h2-7H,1H3,(H,11,12,13,14). The first kappa shape index (κ1) is 8.62. The molecule has 14 heavy (non-hydrogen) atoms. The van der Waals surface area contributed by atoms with E-state index in [2.05, 4.69) is 20.3 Å². The molecule has 0 spiro atoms. The molecule has 0 aliphatic rings. The molecular formula is C10H10N4. The van der Waals surface area contributed by atoms with E-state index in [0.717, 1.165) is 5.69 Å². The van der Waals surface area contributed by atoms with Crippen molar-refractivity contribution in [2.45, 2.75) is 6.92 Å². The largest absolute Gasteiger partial charge is 0.324 e. The van der Waals surface area contributed by atoms with Gasteiger partial charge in [-0.3, -0.25) is 0 Å². The van der Waals surface area contributed by atoms with E-state index in [1.54, 1.807) is 0 Å². The van der Waals surface area contributed by atoms with Gasteiger partial charge in [-0.25, -0.2) is 15.0 Å². The van der Waals surface area contributed by atoms with Gasteiger partial charge in [0.15, 0.2) is 0 Å². The van der Waals surface area contributed by atoms with Crippen LogP contribution in [0.1, 0.15) is 5.56 Å². The second kappa shape index (κ2) is 3.83. The zero-order chi connectivity index (χ0) is 9.80. The lowest BCUT2D eigenvalue weighted by Gasteiger charge is -2.03. The van der Waals surface area contributed by atoms with Crippen LogP contribution in [0.25, 0.3) is 0 Å². The number of benzene rings is 1. The number of aromatic nitrogens is 3. The van der Waals surface area contributed by atoms with Crippen molar-refractivity contribution in [1.82, 2.24) is 15.0 Å². The second-order valence-corrected chi connectivity index (χ2v) is 2.95. The first-order valence-corrected chi connectivity index (χ1v) is 4.30. The number of nitrogens with one attached hydrogen (secondary N) is 1. The Morgan fingerprint density at radius 2 is 1.64 bits per heavy atom. The Bertz CT molecular complexity index is 396.